The van der Waals surface area contributed by atoms with Gasteiger partial charge >= 0.3 is 0 Å². The highest BCUT2D eigenvalue weighted by molar-refractivity contribution is 7.27. The summed E-state index contributed by atoms with van der Waals surface area (Å²) in [7, 11) is 0. The Hall–Kier alpha value is -6.16. The van der Waals surface area contributed by atoms with Crippen molar-refractivity contribution in [1.29, 1.82) is 0 Å². The molecule has 0 radical (unpaired) electrons. The van der Waals surface area contributed by atoms with E-state index in [9.17, 15) is 0 Å². The van der Waals surface area contributed by atoms with Crippen LogP contribution in [0.25, 0.3) is 75.1 Å². The number of hydrogen-bond donors (Lipinski definition) is 0. The quantitative estimate of drug-likeness (QED) is 0.186. The van der Waals surface area contributed by atoms with Crippen molar-refractivity contribution >= 4 is 81.3 Å². The van der Waals surface area contributed by atoms with Crippen LogP contribution in [0, 0.1) is 0 Å². The first-order valence-corrected chi connectivity index (χ1v) is 17.4. The summed E-state index contributed by atoms with van der Waals surface area (Å²) in [6, 6.07) is 63.1. The van der Waals surface area contributed by atoms with Crippen molar-refractivity contribution in [2.75, 3.05) is 4.90 Å². The van der Waals surface area contributed by atoms with E-state index in [-0.39, 0.29) is 0 Å². The highest BCUT2D eigenvalue weighted by atomic mass is 32.1. The summed E-state index contributed by atoms with van der Waals surface area (Å²) in [5.41, 5.74) is 9.82. The number of benzene rings is 8. The zero-order valence-electron chi connectivity index (χ0n) is 26.5. The van der Waals surface area contributed by atoms with Gasteiger partial charge in [-0.25, -0.2) is 0 Å². The van der Waals surface area contributed by atoms with Gasteiger partial charge in [0.15, 0.2) is 0 Å². The maximum absolute atomic E-state index is 6.35. The van der Waals surface area contributed by atoms with Crippen molar-refractivity contribution in [2.45, 2.75) is 0 Å². The molecule has 3 heteroatoms. The molecule has 0 N–H and O–H groups in total. The van der Waals surface area contributed by atoms with Crippen LogP contribution in [-0.4, -0.2) is 0 Å². The Kier molecular flexibility index (Phi) is 6.39. The molecule has 0 fully saturated rings. The van der Waals surface area contributed by atoms with E-state index in [2.05, 4.69) is 169 Å². The van der Waals surface area contributed by atoms with E-state index in [0.717, 1.165) is 39.0 Å². The minimum atomic E-state index is 0.878. The lowest BCUT2D eigenvalue weighted by Gasteiger charge is -2.26. The van der Waals surface area contributed by atoms with Crippen LogP contribution in [0.1, 0.15) is 0 Å². The summed E-state index contributed by atoms with van der Waals surface area (Å²) in [4.78, 5) is 2.33. The highest BCUT2D eigenvalue weighted by Crippen LogP contribution is 2.44. The predicted octanol–water partition coefficient (Wildman–Crippen LogP) is 13.9. The summed E-state index contributed by atoms with van der Waals surface area (Å²) in [5.74, 6) is 0. The Bertz CT molecular complexity index is 2830. The Morgan fingerprint density at radius 1 is 0.367 bits per heavy atom. The molecule has 49 heavy (non-hydrogen) atoms. The van der Waals surface area contributed by atoms with Crippen LogP contribution in [0.2, 0.25) is 0 Å². The molecule has 0 aliphatic rings. The van der Waals surface area contributed by atoms with Crippen molar-refractivity contribution in [1.82, 2.24) is 0 Å². The minimum Gasteiger partial charge on any atom is -0.456 e. The monoisotopic (exact) mass is 643 g/mol. The van der Waals surface area contributed by atoms with E-state index in [4.69, 9.17) is 4.42 Å². The third-order valence-electron chi connectivity index (χ3n) is 9.66. The van der Waals surface area contributed by atoms with Crippen LogP contribution in [-0.2, 0) is 0 Å². The molecule has 0 aliphatic carbocycles. The van der Waals surface area contributed by atoms with Crippen molar-refractivity contribution < 1.29 is 4.42 Å². The van der Waals surface area contributed by atoms with Gasteiger partial charge in [-0.05, 0) is 75.5 Å². The molecule has 0 bridgehead atoms. The largest absolute Gasteiger partial charge is 0.456 e. The summed E-state index contributed by atoms with van der Waals surface area (Å²) in [6.45, 7) is 0. The molecular weight excluding hydrogens is 615 g/mol. The smallest absolute Gasteiger partial charge is 0.137 e. The summed E-state index contributed by atoms with van der Waals surface area (Å²) in [5, 5.41) is 7.49. The zero-order valence-corrected chi connectivity index (χ0v) is 27.3. The number of furan rings is 1. The van der Waals surface area contributed by atoms with Crippen molar-refractivity contribution in [3.63, 3.8) is 0 Å². The van der Waals surface area contributed by atoms with Crippen LogP contribution in [0.15, 0.2) is 180 Å². The van der Waals surface area contributed by atoms with E-state index in [1.807, 2.05) is 23.5 Å². The third-order valence-corrected chi connectivity index (χ3v) is 10.9. The van der Waals surface area contributed by atoms with E-state index >= 15 is 0 Å². The molecule has 2 aromatic heterocycles. The van der Waals surface area contributed by atoms with Gasteiger partial charge in [0.25, 0.3) is 0 Å². The van der Waals surface area contributed by atoms with Gasteiger partial charge in [-0.3, -0.25) is 0 Å². The van der Waals surface area contributed by atoms with E-state index < -0.39 is 0 Å². The molecule has 0 amide bonds. The number of anilines is 3. The highest BCUT2D eigenvalue weighted by Gasteiger charge is 2.18. The molecule has 230 valence electrons. The topological polar surface area (TPSA) is 16.4 Å². The first-order valence-electron chi connectivity index (χ1n) is 16.6. The van der Waals surface area contributed by atoms with Crippen molar-refractivity contribution in [3.05, 3.63) is 176 Å². The average molecular weight is 644 g/mol. The van der Waals surface area contributed by atoms with Crippen LogP contribution in [0.5, 0.6) is 0 Å². The van der Waals surface area contributed by atoms with Gasteiger partial charge in [0.2, 0.25) is 0 Å². The van der Waals surface area contributed by atoms with E-state index in [1.165, 1.54) is 53.2 Å². The fourth-order valence-electron chi connectivity index (χ4n) is 7.30. The fourth-order valence-corrected chi connectivity index (χ4v) is 8.67. The molecule has 8 aromatic carbocycles. The van der Waals surface area contributed by atoms with Gasteiger partial charge in [-0.2, -0.15) is 0 Å². The molecule has 0 aliphatic heterocycles. The van der Waals surface area contributed by atoms with Crippen molar-refractivity contribution in [2.24, 2.45) is 0 Å². The SMILES string of the molecule is c1ccc(-c2cccc(N(c3ccc(-c4cccc5c4sc4c6ccccc6ccc54)cc3)c3ccc4c(c3)oc3ccccc34)c2)cc1. The lowest BCUT2D eigenvalue weighted by molar-refractivity contribution is 0.669. The lowest BCUT2D eigenvalue weighted by Crippen LogP contribution is -2.10. The Morgan fingerprint density at radius 2 is 1.02 bits per heavy atom. The molecule has 0 saturated heterocycles. The molecule has 2 heterocycles. The van der Waals surface area contributed by atoms with Gasteiger partial charge in [0.05, 0.1) is 0 Å². The lowest BCUT2D eigenvalue weighted by atomic mass is 10.0. The maximum atomic E-state index is 6.35. The Balaban J connectivity index is 1.11. The van der Waals surface area contributed by atoms with Gasteiger partial charge in [0, 0.05) is 54.1 Å². The maximum Gasteiger partial charge on any atom is 0.137 e. The van der Waals surface area contributed by atoms with Gasteiger partial charge in [-0.1, -0.05) is 127 Å². The van der Waals surface area contributed by atoms with Crippen molar-refractivity contribution in [3.8, 4) is 22.3 Å². The number of fused-ring (bicyclic) bond motifs is 8. The predicted molar refractivity (Wildman–Crippen MR) is 210 cm³/mol. The molecule has 10 rings (SSSR count). The number of hydrogen-bond acceptors (Lipinski definition) is 3. The second-order valence-corrected chi connectivity index (χ2v) is 13.5. The number of para-hydroxylation sites is 1. The average Bonchev–Trinajstić information content (AvgIpc) is 3.74. The normalized spacial score (nSPS) is 11.7. The third kappa shape index (κ3) is 4.62. The van der Waals surface area contributed by atoms with E-state index in [1.54, 1.807) is 0 Å². The van der Waals surface area contributed by atoms with Crippen LogP contribution in [0.4, 0.5) is 17.1 Å². The number of thiophene rings is 1. The summed E-state index contributed by atoms with van der Waals surface area (Å²) < 4.78 is 9.03. The van der Waals surface area contributed by atoms with Gasteiger partial charge in [0.1, 0.15) is 11.2 Å². The molecule has 2 nitrogen and oxygen atoms in total. The Morgan fingerprint density at radius 3 is 1.92 bits per heavy atom. The zero-order chi connectivity index (χ0) is 32.3. The first kappa shape index (κ1) is 27.9. The Labute approximate surface area is 287 Å². The van der Waals surface area contributed by atoms with Crippen LogP contribution < -0.4 is 4.90 Å². The fraction of sp³-hybridized carbons (Fsp3) is 0. The standard InChI is InChI=1S/C46H29NOS/c1-2-10-30(11-3-1)33-13-8-14-35(28-33)47(36-25-27-40-39-16-6-7-19-43(39)48-44(40)29-36)34-23-20-32(21-24-34)38-17-9-18-41-42-26-22-31-12-4-5-15-37(31)46(42)49-45(38)41/h1-29H. The molecular formula is C46H29NOS. The second kappa shape index (κ2) is 11.2. The molecule has 0 saturated carbocycles. The number of nitrogens with zero attached hydrogens (tertiary/aromatic N) is 1. The van der Waals surface area contributed by atoms with Crippen LogP contribution in [0.3, 0.4) is 0 Å². The van der Waals surface area contributed by atoms with Gasteiger partial charge < -0.3 is 9.32 Å². The molecule has 0 unspecified atom stereocenters. The molecule has 0 spiro atoms. The molecule has 10 aromatic rings. The number of rotatable bonds is 5. The van der Waals surface area contributed by atoms with Crippen LogP contribution >= 0.6 is 11.3 Å². The molecule has 0 atom stereocenters. The summed E-state index contributed by atoms with van der Waals surface area (Å²) in [6.07, 6.45) is 0. The second-order valence-electron chi connectivity index (χ2n) is 12.5. The first-order chi connectivity index (χ1) is 24.3. The van der Waals surface area contributed by atoms with E-state index in [0.29, 0.717) is 0 Å². The minimum absolute atomic E-state index is 0.878. The van der Waals surface area contributed by atoms with Gasteiger partial charge in [-0.15, -0.1) is 11.3 Å². The summed E-state index contributed by atoms with van der Waals surface area (Å²) >= 11 is 1.90.